The van der Waals surface area contributed by atoms with Crippen LogP contribution in [0.5, 0.6) is 0 Å². The predicted octanol–water partition coefficient (Wildman–Crippen LogP) is 2.05. The highest BCUT2D eigenvalue weighted by Crippen LogP contribution is 2.21. The van der Waals surface area contributed by atoms with Crippen molar-refractivity contribution in [2.75, 3.05) is 12.4 Å². The third kappa shape index (κ3) is 3.94. The van der Waals surface area contributed by atoms with Gasteiger partial charge < -0.3 is 15.8 Å². The van der Waals surface area contributed by atoms with Crippen molar-refractivity contribution in [3.8, 4) is 0 Å². The summed E-state index contributed by atoms with van der Waals surface area (Å²) in [7, 11) is 1.26. The van der Waals surface area contributed by atoms with Crippen molar-refractivity contribution < 1.29 is 14.3 Å². The molecule has 19 heavy (non-hydrogen) atoms. The van der Waals surface area contributed by atoms with Gasteiger partial charge in [0.05, 0.1) is 23.7 Å². The zero-order valence-electron chi connectivity index (χ0n) is 11.1. The fourth-order valence-corrected chi connectivity index (χ4v) is 1.59. The number of carbonyl (C=O) groups is 2. The van der Waals surface area contributed by atoms with Crippen LogP contribution in [0.3, 0.4) is 0 Å². The summed E-state index contributed by atoms with van der Waals surface area (Å²) in [6.07, 6.45) is 0. The van der Waals surface area contributed by atoms with Crippen molar-refractivity contribution in [3.05, 3.63) is 28.8 Å². The van der Waals surface area contributed by atoms with Gasteiger partial charge in [-0.15, -0.1) is 0 Å². The number of anilines is 1. The Morgan fingerprint density at radius 3 is 2.53 bits per heavy atom. The second-order valence-corrected chi connectivity index (χ2v) is 4.85. The van der Waals surface area contributed by atoms with Crippen molar-refractivity contribution in [3.63, 3.8) is 0 Å². The van der Waals surface area contributed by atoms with Crippen LogP contribution in [-0.4, -0.2) is 25.0 Å². The zero-order chi connectivity index (χ0) is 14.6. The molecule has 0 aromatic heterocycles. The smallest absolute Gasteiger partial charge is 0.339 e. The van der Waals surface area contributed by atoms with Gasteiger partial charge in [-0.1, -0.05) is 25.4 Å². The third-order valence-electron chi connectivity index (χ3n) is 2.66. The summed E-state index contributed by atoms with van der Waals surface area (Å²) >= 11 is 5.88. The number of nitrogens with one attached hydrogen (secondary N) is 1. The Bertz CT molecular complexity index is 489. The first-order valence-corrected chi connectivity index (χ1v) is 6.19. The molecular weight excluding hydrogens is 268 g/mol. The lowest BCUT2D eigenvalue weighted by atomic mass is 10.0. The minimum atomic E-state index is -0.614. The highest BCUT2D eigenvalue weighted by atomic mass is 35.5. The average molecular weight is 285 g/mol. The largest absolute Gasteiger partial charge is 0.465 e. The maximum atomic E-state index is 11.8. The molecule has 1 aromatic rings. The van der Waals surface area contributed by atoms with E-state index in [4.69, 9.17) is 17.3 Å². The summed E-state index contributed by atoms with van der Waals surface area (Å²) in [5.41, 5.74) is 6.38. The number of carbonyl (C=O) groups excluding carboxylic acids is 2. The van der Waals surface area contributed by atoms with Gasteiger partial charge in [-0.3, -0.25) is 4.79 Å². The van der Waals surface area contributed by atoms with Crippen LogP contribution in [0, 0.1) is 5.92 Å². The number of benzene rings is 1. The first-order valence-electron chi connectivity index (χ1n) is 5.81. The lowest BCUT2D eigenvalue weighted by molar-refractivity contribution is -0.118. The minimum absolute atomic E-state index is 0.0207. The van der Waals surface area contributed by atoms with E-state index in [1.54, 1.807) is 6.07 Å². The van der Waals surface area contributed by atoms with E-state index >= 15 is 0 Å². The normalized spacial score (nSPS) is 12.1. The molecule has 1 amide bonds. The van der Waals surface area contributed by atoms with Crippen molar-refractivity contribution in [1.82, 2.24) is 0 Å². The second-order valence-electron chi connectivity index (χ2n) is 4.45. The van der Waals surface area contributed by atoms with Crippen molar-refractivity contribution in [2.45, 2.75) is 19.9 Å². The van der Waals surface area contributed by atoms with Crippen LogP contribution in [0.2, 0.25) is 5.02 Å². The van der Waals surface area contributed by atoms with Gasteiger partial charge in [-0.2, -0.15) is 0 Å². The van der Waals surface area contributed by atoms with Gasteiger partial charge >= 0.3 is 5.97 Å². The number of halogens is 1. The fraction of sp³-hybridized carbons (Fsp3) is 0.385. The number of ether oxygens (including phenoxy) is 1. The number of methoxy groups -OCH3 is 1. The summed E-state index contributed by atoms with van der Waals surface area (Å²) < 4.78 is 4.60. The molecule has 0 unspecified atom stereocenters. The number of hydrogen-bond donors (Lipinski definition) is 2. The van der Waals surface area contributed by atoms with Crippen molar-refractivity contribution in [1.29, 1.82) is 0 Å². The topological polar surface area (TPSA) is 81.4 Å². The Morgan fingerprint density at radius 2 is 2.00 bits per heavy atom. The predicted molar refractivity (Wildman–Crippen MR) is 74.2 cm³/mol. The molecule has 1 aromatic carbocycles. The van der Waals surface area contributed by atoms with E-state index in [9.17, 15) is 9.59 Å². The molecule has 0 heterocycles. The van der Waals surface area contributed by atoms with Crippen molar-refractivity contribution in [2.24, 2.45) is 11.7 Å². The average Bonchev–Trinajstić information content (AvgIpc) is 2.38. The number of nitrogens with two attached hydrogens (primary N) is 1. The van der Waals surface area contributed by atoms with E-state index in [0.717, 1.165) is 0 Å². The van der Waals surface area contributed by atoms with Crippen LogP contribution in [0.4, 0.5) is 5.69 Å². The summed E-state index contributed by atoms with van der Waals surface area (Å²) in [6.45, 7) is 3.71. The molecule has 0 aliphatic carbocycles. The van der Waals surface area contributed by atoms with Gasteiger partial charge in [-0.05, 0) is 24.1 Å². The van der Waals surface area contributed by atoms with E-state index < -0.39 is 12.0 Å². The first kappa shape index (κ1) is 15.5. The van der Waals surface area contributed by atoms with Gasteiger partial charge in [0.1, 0.15) is 0 Å². The molecule has 1 atom stereocenters. The molecule has 0 aliphatic rings. The summed E-state index contributed by atoms with van der Waals surface area (Å²) in [5.74, 6) is -0.852. The SMILES string of the molecule is COC(=O)c1cc(NC(=O)[C@H](N)C(C)C)ccc1Cl. The van der Waals surface area contributed by atoms with E-state index in [2.05, 4.69) is 10.1 Å². The summed E-state index contributed by atoms with van der Waals surface area (Å²) in [4.78, 5) is 23.3. The Balaban J connectivity index is 2.91. The van der Waals surface area contributed by atoms with E-state index in [1.165, 1.54) is 19.2 Å². The van der Waals surface area contributed by atoms with Gasteiger partial charge in [0.2, 0.25) is 5.91 Å². The molecule has 6 heteroatoms. The quantitative estimate of drug-likeness (QED) is 0.829. The molecule has 1 rings (SSSR count). The van der Waals surface area contributed by atoms with Gasteiger partial charge in [0.15, 0.2) is 0 Å². The fourth-order valence-electron chi connectivity index (χ4n) is 1.40. The van der Waals surface area contributed by atoms with Crippen LogP contribution in [0.15, 0.2) is 18.2 Å². The molecule has 0 bridgehead atoms. The first-order chi connectivity index (χ1) is 8.86. The van der Waals surface area contributed by atoms with E-state index in [1.807, 2.05) is 13.8 Å². The summed E-state index contributed by atoms with van der Waals surface area (Å²) in [6, 6.07) is 3.96. The van der Waals surface area contributed by atoms with Crippen molar-refractivity contribution >= 4 is 29.2 Å². The van der Waals surface area contributed by atoms with Gasteiger partial charge in [0.25, 0.3) is 0 Å². The van der Waals surface area contributed by atoms with E-state index in [0.29, 0.717) is 5.69 Å². The molecule has 0 spiro atoms. The minimum Gasteiger partial charge on any atom is -0.465 e. The number of hydrogen-bond acceptors (Lipinski definition) is 4. The Kier molecular flexibility index (Phi) is 5.32. The Hall–Kier alpha value is -1.59. The molecule has 3 N–H and O–H groups in total. The maximum Gasteiger partial charge on any atom is 0.339 e. The monoisotopic (exact) mass is 284 g/mol. The standard InChI is InChI=1S/C13H17ClN2O3/c1-7(2)11(15)12(17)16-8-4-5-10(14)9(6-8)13(18)19-3/h4-7,11H,15H2,1-3H3,(H,16,17)/t11-/m1/s1. The van der Waals surface area contributed by atoms with Crippen LogP contribution in [0.1, 0.15) is 24.2 Å². The van der Waals surface area contributed by atoms with Crippen LogP contribution in [-0.2, 0) is 9.53 Å². The number of amides is 1. The Morgan fingerprint density at radius 1 is 1.37 bits per heavy atom. The zero-order valence-corrected chi connectivity index (χ0v) is 11.8. The molecule has 5 nitrogen and oxygen atoms in total. The van der Waals surface area contributed by atoms with Gasteiger partial charge in [0, 0.05) is 5.69 Å². The molecule has 104 valence electrons. The number of rotatable bonds is 4. The second kappa shape index (κ2) is 6.54. The van der Waals surface area contributed by atoms with Crippen LogP contribution in [0.25, 0.3) is 0 Å². The molecule has 0 fully saturated rings. The molecule has 0 saturated carbocycles. The molecule has 0 aliphatic heterocycles. The van der Waals surface area contributed by atoms with Gasteiger partial charge in [-0.25, -0.2) is 4.79 Å². The van der Waals surface area contributed by atoms with Crippen LogP contribution < -0.4 is 11.1 Å². The molecular formula is C13H17ClN2O3. The third-order valence-corrected chi connectivity index (χ3v) is 2.99. The number of esters is 1. The van der Waals surface area contributed by atoms with Crippen LogP contribution >= 0.6 is 11.6 Å². The lowest BCUT2D eigenvalue weighted by Crippen LogP contribution is -2.39. The highest BCUT2D eigenvalue weighted by Gasteiger charge is 2.18. The maximum absolute atomic E-state index is 11.8. The Labute approximate surface area is 117 Å². The van der Waals surface area contributed by atoms with E-state index in [-0.39, 0.29) is 22.4 Å². The lowest BCUT2D eigenvalue weighted by Gasteiger charge is -2.15. The molecule has 0 saturated heterocycles. The molecule has 0 radical (unpaired) electrons. The highest BCUT2D eigenvalue weighted by molar-refractivity contribution is 6.33. The summed E-state index contributed by atoms with van der Waals surface area (Å²) in [5, 5.41) is 2.90.